The van der Waals surface area contributed by atoms with Crippen LogP contribution in [0.15, 0.2) is 41.3 Å². The van der Waals surface area contributed by atoms with Gasteiger partial charge < -0.3 is 5.11 Å². The van der Waals surface area contributed by atoms with E-state index >= 15 is 0 Å². The molecule has 2 rings (SSSR count). The van der Waals surface area contributed by atoms with Gasteiger partial charge in [-0.3, -0.25) is 0 Å². The number of rotatable bonds is 1. The molecule has 0 atom stereocenters. The Labute approximate surface area is 86.6 Å². The molecule has 0 amide bonds. The molecule has 0 fully saturated rings. The van der Waals surface area contributed by atoms with Crippen molar-refractivity contribution in [3.05, 3.63) is 42.0 Å². The molecule has 2 aromatic rings. The quantitative estimate of drug-likeness (QED) is 0.701. The molecule has 14 heavy (non-hydrogen) atoms. The van der Waals surface area contributed by atoms with Crippen LogP contribution in [-0.2, 0) is 0 Å². The van der Waals surface area contributed by atoms with Crippen LogP contribution in [0.5, 0.6) is 0 Å². The maximum Gasteiger partial charge on any atom is 0.335 e. The van der Waals surface area contributed by atoms with Crippen LogP contribution in [0.4, 0.5) is 0 Å². The number of carboxylic acids is 1. The van der Waals surface area contributed by atoms with Crippen LogP contribution in [0.25, 0.3) is 10.8 Å². The van der Waals surface area contributed by atoms with Gasteiger partial charge in [-0.05, 0) is 22.9 Å². The van der Waals surface area contributed by atoms with Crippen molar-refractivity contribution in [3.63, 3.8) is 0 Å². The maximum absolute atomic E-state index is 10.8. The van der Waals surface area contributed by atoms with Crippen LogP contribution in [0, 0.1) is 0 Å². The van der Waals surface area contributed by atoms with E-state index in [9.17, 15) is 4.79 Å². The molecular weight excluding hydrogens is 196 g/mol. The molecule has 0 unspecified atom stereocenters. The molecule has 2 aromatic carbocycles. The summed E-state index contributed by atoms with van der Waals surface area (Å²) in [7, 11) is 0. The Morgan fingerprint density at radius 1 is 1.21 bits per heavy atom. The maximum atomic E-state index is 10.8. The van der Waals surface area contributed by atoms with E-state index in [1.807, 2.05) is 24.3 Å². The summed E-state index contributed by atoms with van der Waals surface area (Å²) in [4.78, 5) is 11.5. The summed E-state index contributed by atoms with van der Waals surface area (Å²) >= 11 is 4.25. The summed E-state index contributed by atoms with van der Waals surface area (Å²) in [5.41, 5.74) is 0.272. The topological polar surface area (TPSA) is 37.3 Å². The molecule has 0 aliphatic rings. The van der Waals surface area contributed by atoms with Gasteiger partial charge in [-0.1, -0.05) is 24.3 Å². The van der Waals surface area contributed by atoms with Gasteiger partial charge in [0.2, 0.25) is 0 Å². The first kappa shape index (κ1) is 9.09. The number of fused-ring (bicyclic) bond motifs is 1. The number of aromatic carboxylic acids is 1. The third kappa shape index (κ3) is 1.46. The van der Waals surface area contributed by atoms with E-state index in [2.05, 4.69) is 12.6 Å². The average Bonchev–Trinajstić information content (AvgIpc) is 2.17. The average molecular weight is 204 g/mol. The Hall–Kier alpha value is -1.48. The summed E-state index contributed by atoms with van der Waals surface area (Å²) in [5, 5.41) is 10.7. The molecular formula is C11H8O2S. The summed E-state index contributed by atoms with van der Waals surface area (Å²) in [6.07, 6.45) is 0. The van der Waals surface area contributed by atoms with Crippen LogP contribution < -0.4 is 0 Å². The van der Waals surface area contributed by atoms with Crippen LogP contribution in [-0.4, -0.2) is 11.1 Å². The second kappa shape index (κ2) is 3.35. The van der Waals surface area contributed by atoms with Crippen molar-refractivity contribution in [1.82, 2.24) is 0 Å². The highest BCUT2D eigenvalue weighted by Gasteiger charge is 2.05. The lowest BCUT2D eigenvalue weighted by molar-refractivity contribution is 0.0697. The number of hydrogen-bond donors (Lipinski definition) is 2. The van der Waals surface area contributed by atoms with Crippen LogP contribution in [0.2, 0.25) is 0 Å². The molecule has 70 valence electrons. The lowest BCUT2D eigenvalue weighted by Gasteiger charge is -2.02. The Morgan fingerprint density at radius 3 is 2.64 bits per heavy atom. The summed E-state index contributed by atoms with van der Waals surface area (Å²) in [5.74, 6) is -0.925. The molecule has 0 saturated heterocycles. The third-order valence-corrected chi connectivity index (χ3v) is 2.46. The molecule has 0 spiro atoms. The highest BCUT2D eigenvalue weighted by Crippen LogP contribution is 2.23. The molecule has 1 N–H and O–H groups in total. The standard InChI is InChI=1S/C11H8O2S/c12-11(13)8-5-7-3-1-2-4-9(7)10(14)6-8/h1-6,14H,(H,12,13). The smallest absolute Gasteiger partial charge is 0.335 e. The van der Waals surface area contributed by atoms with Crippen molar-refractivity contribution in [2.75, 3.05) is 0 Å². The molecule has 0 aliphatic carbocycles. The molecule has 0 aromatic heterocycles. The zero-order valence-corrected chi connectivity index (χ0v) is 8.16. The SMILES string of the molecule is O=C(O)c1cc(S)c2ccccc2c1. The van der Waals surface area contributed by atoms with E-state index in [1.165, 1.54) is 0 Å². The van der Waals surface area contributed by atoms with Crippen molar-refractivity contribution in [3.8, 4) is 0 Å². The Balaban J connectivity index is 2.78. The fourth-order valence-electron chi connectivity index (χ4n) is 1.41. The number of thiol groups is 1. The fourth-order valence-corrected chi connectivity index (χ4v) is 1.76. The van der Waals surface area contributed by atoms with Crippen molar-refractivity contribution in [1.29, 1.82) is 0 Å². The first-order chi connectivity index (χ1) is 6.68. The molecule has 2 nitrogen and oxygen atoms in total. The number of carbonyl (C=O) groups is 1. The third-order valence-electron chi connectivity index (χ3n) is 2.09. The molecule has 0 saturated carbocycles. The second-order valence-electron chi connectivity index (χ2n) is 3.02. The minimum atomic E-state index is -0.925. The predicted octanol–water partition coefficient (Wildman–Crippen LogP) is 2.83. The van der Waals surface area contributed by atoms with Crippen LogP contribution in [0.1, 0.15) is 10.4 Å². The molecule has 0 aliphatic heterocycles. The highest BCUT2D eigenvalue weighted by atomic mass is 32.1. The molecule has 0 heterocycles. The summed E-state index contributed by atoms with van der Waals surface area (Å²) in [6, 6.07) is 10.8. The van der Waals surface area contributed by atoms with Gasteiger partial charge in [0.1, 0.15) is 0 Å². The van der Waals surface area contributed by atoms with Gasteiger partial charge in [-0.15, -0.1) is 12.6 Å². The Kier molecular flexibility index (Phi) is 2.17. The Morgan fingerprint density at radius 2 is 1.93 bits per heavy atom. The summed E-state index contributed by atoms with van der Waals surface area (Å²) in [6.45, 7) is 0. The van der Waals surface area contributed by atoms with Gasteiger partial charge in [-0.2, -0.15) is 0 Å². The highest BCUT2D eigenvalue weighted by molar-refractivity contribution is 7.80. The minimum Gasteiger partial charge on any atom is -0.478 e. The monoisotopic (exact) mass is 204 g/mol. The van der Waals surface area contributed by atoms with Gasteiger partial charge in [0.15, 0.2) is 0 Å². The van der Waals surface area contributed by atoms with Gasteiger partial charge in [-0.25, -0.2) is 4.79 Å². The van der Waals surface area contributed by atoms with Gasteiger partial charge in [0.05, 0.1) is 5.56 Å². The summed E-state index contributed by atoms with van der Waals surface area (Å²) < 4.78 is 0. The minimum absolute atomic E-state index is 0.272. The number of hydrogen-bond acceptors (Lipinski definition) is 2. The van der Waals surface area contributed by atoms with Crippen molar-refractivity contribution >= 4 is 29.4 Å². The van der Waals surface area contributed by atoms with E-state index in [0.29, 0.717) is 4.90 Å². The number of benzene rings is 2. The zero-order valence-electron chi connectivity index (χ0n) is 7.27. The molecule has 3 heteroatoms. The fraction of sp³-hybridized carbons (Fsp3) is 0. The van der Waals surface area contributed by atoms with Crippen molar-refractivity contribution < 1.29 is 9.90 Å². The van der Waals surface area contributed by atoms with Crippen LogP contribution >= 0.6 is 12.6 Å². The van der Waals surface area contributed by atoms with E-state index in [1.54, 1.807) is 12.1 Å². The van der Waals surface area contributed by atoms with Gasteiger partial charge >= 0.3 is 5.97 Å². The lowest BCUT2D eigenvalue weighted by Crippen LogP contribution is -1.95. The van der Waals surface area contributed by atoms with E-state index in [-0.39, 0.29) is 5.56 Å². The van der Waals surface area contributed by atoms with E-state index in [0.717, 1.165) is 10.8 Å². The van der Waals surface area contributed by atoms with Gasteiger partial charge in [0, 0.05) is 4.90 Å². The first-order valence-electron chi connectivity index (χ1n) is 4.13. The van der Waals surface area contributed by atoms with E-state index < -0.39 is 5.97 Å². The predicted molar refractivity (Wildman–Crippen MR) is 58.2 cm³/mol. The molecule has 0 radical (unpaired) electrons. The van der Waals surface area contributed by atoms with Crippen LogP contribution in [0.3, 0.4) is 0 Å². The second-order valence-corrected chi connectivity index (χ2v) is 3.50. The van der Waals surface area contributed by atoms with Gasteiger partial charge in [0.25, 0.3) is 0 Å². The largest absolute Gasteiger partial charge is 0.478 e. The molecule has 0 bridgehead atoms. The first-order valence-corrected chi connectivity index (χ1v) is 4.58. The lowest BCUT2D eigenvalue weighted by atomic mass is 10.1. The normalized spacial score (nSPS) is 10.4. The Bertz CT molecular complexity index is 506. The van der Waals surface area contributed by atoms with Crippen molar-refractivity contribution in [2.45, 2.75) is 4.90 Å². The number of carboxylic acid groups (broad SMARTS) is 1. The zero-order chi connectivity index (χ0) is 10.1. The van der Waals surface area contributed by atoms with E-state index in [4.69, 9.17) is 5.11 Å². The van der Waals surface area contributed by atoms with Crippen molar-refractivity contribution in [2.24, 2.45) is 0 Å².